The Morgan fingerprint density at radius 2 is 2.15 bits per heavy atom. The molecule has 0 amide bonds. The van der Waals surface area contributed by atoms with Gasteiger partial charge in [0.05, 0.1) is 12.2 Å². The third-order valence-electron chi connectivity index (χ3n) is 3.92. The van der Waals surface area contributed by atoms with Crippen molar-refractivity contribution < 1.29 is 9.53 Å². The summed E-state index contributed by atoms with van der Waals surface area (Å²) >= 11 is 0. The zero-order chi connectivity index (χ0) is 15.1. The number of nitrogens with zero attached hydrogens (tertiary/aromatic N) is 1. The average molecular weight is 282 g/mol. The van der Waals surface area contributed by atoms with Gasteiger partial charge in [0, 0.05) is 18.4 Å². The first-order valence-corrected chi connectivity index (χ1v) is 7.40. The molecule has 0 bridgehead atoms. The monoisotopic (exact) mass is 282 g/mol. The number of ether oxygens (including phenoxy) is 1. The minimum Gasteiger partial charge on any atom is -0.371 e. The molecule has 1 rings (SSSR count). The van der Waals surface area contributed by atoms with E-state index in [1.54, 1.807) is 6.92 Å². The predicted octanol–water partition coefficient (Wildman–Crippen LogP) is 2.58. The molecular formula is C15H26N2O3. The summed E-state index contributed by atoms with van der Waals surface area (Å²) in [5, 5.41) is 2.94. The van der Waals surface area contributed by atoms with Gasteiger partial charge in [0.15, 0.2) is 0 Å². The van der Waals surface area contributed by atoms with Crippen LogP contribution in [0.5, 0.6) is 0 Å². The lowest BCUT2D eigenvalue weighted by Crippen LogP contribution is -2.44. The number of nitroso groups, excluding NO2 is 1. The van der Waals surface area contributed by atoms with E-state index in [0.717, 1.165) is 18.4 Å². The van der Waals surface area contributed by atoms with Gasteiger partial charge in [-0.2, -0.15) is 4.91 Å². The Balaban J connectivity index is 2.89. The Morgan fingerprint density at radius 1 is 1.50 bits per heavy atom. The van der Waals surface area contributed by atoms with E-state index in [2.05, 4.69) is 19.0 Å². The first-order chi connectivity index (χ1) is 9.51. The van der Waals surface area contributed by atoms with Crippen LogP contribution in [0.1, 0.15) is 46.5 Å². The van der Waals surface area contributed by atoms with E-state index < -0.39 is 0 Å². The van der Waals surface area contributed by atoms with Crippen molar-refractivity contribution in [2.45, 2.75) is 64.7 Å². The molecule has 0 aromatic rings. The second kappa shape index (κ2) is 8.27. The van der Waals surface area contributed by atoms with Gasteiger partial charge < -0.3 is 15.3 Å². The van der Waals surface area contributed by atoms with Crippen LogP contribution in [0.15, 0.2) is 16.8 Å². The molecule has 0 heterocycles. The summed E-state index contributed by atoms with van der Waals surface area (Å²) in [4.78, 5) is 21.9. The van der Waals surface area contributed by atoms with Gasteiger partial charge in [-0.3, -0.25) is 0 Å². The molecule has 3 unspecified atom stereocenters. The summed E-state index contributed by atoms with van der Waals surface area (Å²) in [6, 6.07) is -0.153. The van der Waals surface area contributed by atoms with Crippen LogP contribution in [0, 0.1) is 10.8 Å². The van der Waals surface area contributed by atoms with Gasteiger partial charge in [0.2, 0.25) is 0 Å². The number of hydrogen-bond acceptors (Lipinski definition) is 5. The van der Waals surface area contributed by atoms with Crippen molar-refractivity contribution in [3.63, 3.8) is 0 Å². The average Bonchev–Trinajstić information content (AvgIpc) is 2.39. The van der Waals surface area contributed by atoms with Crippen LogP contribution in [-0.4, -0.2) is 30.6 Å². The van der Waals surface area contributed by atoms with Gasteiger partial charge in [-0.25, -0.2) is 0 Å². The van der Waals surface area contributed by atoms with Gasteiger partial charge in [-0.05, 0) is 31.8 Å². The number of Topliss-reactive ketones (excluding diaryl/α,β-unsaturated/α-hetero) is 1. The number of hydrogen-bond donors (Lipinski definition) is 1. The molecule has 0 aliphatic heterocycles. The zero-order valence-corrected chi connectivity index (χ0v) is 12.7. The quantitative estimate of drug-likeness (QED) is 0.548. The lowest BCUT2D eigenvalue weighted by atomic mass is 9.80. The van der Waals surface area contributed by atoms with Gasteiger partial charge in [-0.1, -0.05) is 25.1 Å². The van der Waals surface area contributed by atoms with E-state index in [9.17, 15) is 9.70 Å². The first-order valence-electron chi connectivity index (χ1n) is 7.40. The fourth-order valence-electron chi connectivity index (χ4n) is 2.76. The third-order valence-corrected chi connectivity index (χ3v) is 3.92. The molecule has 3 atom stereocenters. The van der Waals surface area contributed by atoms with Crippen molar-refractivity contribution in [1.82, 2.24) is 0 Å². The molecule has 5 nitrogen and oxygen atoms in total. The van der Waals surface area contributed by atoms with Crippen molar-refractivity contribution in [2.75, 3.05) is 6.54 Å². The molecule has 0 fully saturated rings. The summed E-state index contributed by atoms with van der Waals surface area (Å²) in [6.45, 7) is 5.89. The van der Waals surface area contributed by atoms with Crippen molar-refractivity contribution in [3.05, 3.63) is 16.6 Å². The largest absolute Gasteiger partial charge is 0.371 e. The fourth-order valence-corrected chi connectivity index (χ4v) is 2.76. The first kappa shape index (κ1) is 17.0. The van der Waals surface area contributed by atoms with E-state index in [4.69, 9.17) is 10.5 Å². The van der Waals surface area contributed by atoms with E-state index in [1.165, 1.54) is 0 Å². The highest BCUT2D eigenvalue weighted by atomic mass is 16.5. The van der Waals surface area contributed by atoms with Crippen LogP contribution in [-0.2, 0) is 9.53 Å². The smallest absolute Gasteiger partial charge is 0.130 e. The third kappa shape index (κ3) is 4.80. The number of carbonyl (C=O) groups is 1. The molecule has 0 radical (unpaired) electrons. The molecule has 0 aromatic carbocycles. The molecule has 2 N–H and O–H groups in total. The van der Waals surface area contributed by atoms with Crippen molar-refractivity contribution in [2.24, 2.45) is 16.8 Å². The van der Waals surface area contributed by atoms with Crippen LogP contribution in [0.3, 0.4) is 0 Å². The van der Waals surface area contributed by atoms with Crippen LogP contribution in [0.2, 0.25) is 0 Å². The molecule has 0 spiro atoms. The molecule has 0 aromatic heterocycles. The van der Waals surface area contributed by atoms with Gasteiger partial charge in [-0.15, -0.1) is 0 Å². The molecule has 20 heavy (non-hydrogen) atoms. The summed E-state index contributed by atoms with van der Waals surface area (Å²) in [5.41, 5.74) is 7.10. The summed E-state index contributed by atoms with van der Waals surface area (Å²) in [6.07, 6.45) is 4.80. The zero-order valence-electron chi connectivity index (χ0n) is 12.7. The van der Waals surface area contributed by atoms with Crippen LogP contribution in [0.4, 0.5) is 0 Å². The second-order valence-electron chi connectivity index (χ2n) is 5.59. The maximum absolute atomic E-state index is 11.4. The number of nitrogens with two attached hydrogens (primary N) is 1. The topological polar surface area (TPSA) is 81.8 Å². The molecule has 1 aliphatic carbocycles. The highest BCUT2D eigenvalue weighted by Gasteiger charge is 2.33. The molecule has 5 heteroatoms. The second-order valence-corrected chi connectivity index (χ2v) is 5.59. The fraction of sp³-hybridized carbons (Fsp3) is 0.800. The van der Waals surface area contributed by atoms with Gasteiger partial charge in [0.25, 0.3) is 0 Å². The highest BCUT2D eigenvalue weighted by Crippen LogP contribution is 2.30. The maximum atomic E-state index is 11.4. The van der Waals surface area contributed by atoms with Crippen molar-refractivity contribution in [3.8, 4) is 0 Å². The summed E-state index contributed by atoms with van der Waals surface area (Å²) in [7, 11) is 0. The van der Waals surface area contributed by atoms with Gasteiger partial charge in [0.1, 0.15) is 12.3 Å². The lowest BCUT2D eigenvalue weighted by Gasteiger charge is -2.36. The SMILES string of the molecule is CCC(CC)OC1C=C(CN=O)CC(N)C1CC(C)=O. The van der Waals surface area contributed by atoms with E-state index in [1.807, 2.05) is 6.08 Å². The number of carbonyl (C=O) groups excluding carboxylic acids is 1. The Hall–Kier alpha value is -1.07. The Labute approximate surface area is 120 Å². The van der Waals surface area contributed by atoms with Crippen molar-refractivity contribution >= 4 is 5.78 Å². The lowest BCUT2D eigenvalue weighted by molar-refractivity contribution is -0.120. The van der Waals surface area contributed by atoms with Crippen LogP contribution >= 0.6 is 0 Å². The predicted molar refractivity (Wildman–Crippen MR) is 79.4 cm³/mol. The molecule has 1 aliphatic rings. The Morgan fingerprint density at radius 3 is 2.65 bits per heavy atom. The summed E-state index contributed by atoms with van der Waals surface area (Å²) < 4.78 is 6.10. The van der Waals surface area contributed by atoms with Crippen LogP contribution < -0.4 is 5.73 Å². The van der Waals surface area contributed by atoms with E-state index in [-0.39, 0.29) is 36.5 Å². The maximum Gasteiger partial charge on any atom is 0.130 e. The molecule has 0 saturated heterocycles. The summed E-state index contributed by atoms with van der Waals surface area (Å²) in [5.74, 6) is 0.109. The van der Waals surface area contributed by atoms with Crippen molar-refractivity contribution in [1.29, 1.82) is 0 Å². The minimum absolute atomic E-state index is 0.0106. The Kier molecular flexibility index (Phi) is 7.02. The normalized spacial score (nSPS) is 26.4. The molecule has 114 valence electrons. The molecule has 0 saturated carbocycles. The van der Waals surface area contributed by atoms with E-state index >= 15 is 0 Å². The van der Waals surface area contributed by atoms with Gasteiger partial charge >= 0.3 is 0 Å². The highest BCUT2D eigenvalue weighted by molar-refractivity contribution is 5.76. The van der Waals surface area contributed by atoms with Crippen LogP contribution in [0.25, 0.3) is 0 Å². The number of rotatable bonds is 8. The molecular weight excluding hydrogens is 256 g/mol. The number of ketones is 1. The van der Waals surface area contributed by atoms with E-state index in [0.29, 0.717) is 12.8 Å². The standard InChI is InChI=1S/C15H26N2O3/c1-4-12(5-2)20-15-8-11(9-17-19)7-14(16)13(15)6-10(3)18/h8,12-15H,4-7,9,16H2,1-3H3. The minimum atomic E-state index is -0.190. The Bertz CT molecular complexity index is 364.